The molecule has 0 atom stereocenters. The van der Waals surface area contributed by atoms with Crippen LogP contribution in [0.4, 0.5) is 11.4 Å². The fourth-order valence-corrected chi connectivity index (χ4v) is 1.76. The van der Waals surface area contributed by atoms with Gasteiger partial charge in [0, 0.05) is 16.9 Å². The summed E-state index contributed by atoms with van der Waals surface area (Å²) >= 11 is 0. The van der Waals surface area contributed by atoms with Crippen molar-refractivity contribution >= 4 is 17.3 Å². The Morgan fingerprint density at radius 3 is 2.50 bits per heavy atom. The lowest BCUT2D eigenvalue weighted by atomic mass is 10.1. The van der Waals surface area contributed by atoms with Crippen molar-refractivity contribution in [3.8, 4) is 0 Å². The number of hydrogen-bond acceptors (Lipinski definition) is 3. The fourth-order valence-electron chi connectivity index (χ4n) is 1.76. The second-order valence-electron chi connectivity index (χ2n) is 4.41. The van der Waals surface area contributed by atoms with Gasteiger partial charge in [0.25, 0.3) is 5.91 Å². The standard InChI is InChI=1S/C14H16N2O2/c1-8-4-5-18-13(8)14(17)16-12-7-9(2)11(15)6-10(12)3/h4-7H,15H2,1-3H3,(H,16,17). The molecule has 2 aromatic rings. The normalized spacial score (nSPS) is 10.4. The highest BCUT2D eigenvalue weighted by Gasteiger charge is 2.14. The van der Waals surface area contributed by atoms with Gasteiger partial charge in [-0.25, -0.2) is 0 Å². The molecule has 4 nitrogen and oxygen atoms in total. The van der Waals surface area contributed by atoms with Crippen molar-refractivity contribution in [1.29, 1.82) is 0 Å². The number of aryl methyl sites for hydroxylation is 3. The molecule has 4 heteroatoms. The molecule has 1 amide bonds. The minimum Gasteiger partial charge on any atom is -0.459 e. The number of benzene rings is 1. The molecule has 1 aromatic heterocycles. The number of anilines is 2. The number of nitrogens with one attached hydrogen (secondary N) is 1. The van der Waals surface area contributed by atoms with Gasteiger partial charge in [0.2, 0.25) is 0 Å². The quantitative estimate of drug-likeness (QED) is 0.798. The summed E-state index contributed by atoms with van der Waals surface area (Å²) in [7, 11) is 0. The van der Waals surface area contributed by atoms with Crippen LogP contribution in [-0.2, 0) is 0 Å². The van der Waals surface area contributed by atoms with Crippen LogP contribution in [0.1, 0.15) is 27.2 Å². The Bertz CT molecular complexity index is 600. The van der Waals surface area contributed by atoms with Gasteiger partial charge in [-0.1, -0.05) is 0 Å². The molecule has 0 aliphatic rings. The van der Waals surface area contributed by atoms with Crippen molar-refractivity contribution < 1.29 is 9.21 Å². The molecule has 0 spiro atoms. The largest absolute Gasteiger partial charge is 0.459 e. The second kappa shape index (κ2) is 4.56. The van der Waals surface area contributed by atoms with Crippen LogP contribution in [0.3, 0.4) is 0 Å². The number of nitrogens with two attached hydrogens (primary N) is 1. The molecule has 94 valence electrons. The molecule has 0 radical (unpaired) electrons. The number of carbonyl (C=O) groups excluding carboxylic acids is 1. The summed E-state index contributed by atoms with van der Waals surface area (Å²) in [4.78, 5) is 12.0. The maximum atomic E-state index is 12.0. The van der Waals surface area contributed by atoms with E-state index in [2.05, 4.69) is 5.32 Å². The van der Waals surface area contributed by atoms with Crippen molar-refractivity contribution in [3.05, 3.63) is 46.9 Å². The van der Waals surface area contributed by atoms with Crippen LogP contribution < -0.4 is 11.1 Å². The Hall–Kier alpha value is -2.23. The summed E-state index contributed by atoms with van der Waals surface area (Å²) in [5, 5.41) is 2.83. The van der Waals surface area contributed by atoms with Crippen LogP contribution in [0, 0.1) is 20.8 Å². The molecule has 0 aliphatic carbocycles. The number of nitrogen functional groups attached to an aromatic ring is 1. The molecule has 0 saturated carbocycles. The average molecular weight is 244 g/mol. The molecule has 1 heterocycles. The minimum absolute atomic E-state index is 0.246. The van der Waals surface area contributed by atoms with Gasteiger partial charge in [-0.3, -0.25) is 4.79 Å². The second-order valence-corrected chi connectivity index (χ2v) is 4.41. The third-order valence-corrected chi connectivity index (χ3v) is 2.93. The van der Waals surface area contributed by atoms with Gasteiger partial charge in [-0.15, -0.1) is 0 Å². The van der Waals surface area contributed by atoms with E-state index in [-0.39, 0.29) is 5.91 Å². The summed E-state index contributed by atoms with van der Waals surface area (Å²) in [5.74, 6) is 0.0913. The Labute approximate surface area is 106 Å². The molecule has 18 heavy (non-hydrogen) atoms. The Morgan fingerprint density at radius 1 is 1.17 bits per heavy atom. The van der Waals surface area contributed by atoms with E-state index in [9.17, 15) is 4.79 Å². The highest BCUT2D eigenvalue weighted by molar-refractivity contribution is 6.03. The van der Waals surface area contributed by atoms with E-state index in [0.717, 1.165) is 28.1 Å². The van der Waals surface area contributed by atoms with E-state index < -0.39 is 0 Å². The first-order chi connectivity index (χ1) is 8.49. The molecule has 0 bridgehead atoms. The predicted octanol–water partition coefficient (Wildman–Crippen LogP) is 3.04. The summed E-state index contributed by atoms with van der Waals surface area (Å²) < 4.78 is 5.16. The van der Waals surface area contributed by atoms with Gasteiger partial charge in [-0.05, 0) is 50.1 Å². The minimum atomic E-state index is -0.246. The van der Waals surface area contributed by atoms with Crippen LogP contribution in [0.5, 0.6) is 0 Å². The van der Waals surface area contributed by atoms with Gasteiger partial charge in [0.1, 0.15) is 0 Å². The Morgan fingerprint density at radius 2 is 1.89 bits per heavy atom. The summed E-state index contributed by atoms with van der Waals surface area (Å²) in [5.41, 5.74) is 9.96. The van der Waals surface area contributed by atoms with E-state index in [0.29, 0.717) is 5.76 Å². The third-order valence-electron chi connectivity index (χ3n) is 2.93. The number of hydrogen-bond donors (Lipinski definition) is 2. The molecule has 0 fully saturated rings. The molecule has 0 unspecified atom stereocenters. The number of rotatable bonds is 2. The van der Waals surface area contributed by atoms with Crippen molar-refractivity contribution in [2.45, 2.75) is 20.8 Å². The lowest BCUT2D eigenvalue weighted by molar-refractivity contribution is 0.0996. The molecule has 1 aromatic carbocycles. The maximum absolute atomic E-state index is 12.0. The van der Waals surface area contributed by atoms with Crippen molar-refractivity contribution in [2.75, 3.05) is 11.1 Å². The van der Waals surface area contributed by atoms with Crippen molar-refractivity contribution in [2.24, 2.45) is 0 Å². The summed E-state index contributed by atoms with van der Waals surface area (Å²) in [6.07, 6.45) is 1.51. The first-order valence-corrected chi connectivity index (χ1v) is 5.71. The highest BCUT2D eigenvalue weighted by Crippen LogP contribution is 2.23. The van der Waals surface area contributed by atoms with Gasteiger partial charge >= 0.3 is 0 Å². The maximum Gasteiger partial charge on any atom is 0.291 e. The van der Waals surface area contributed by atoms with Crippen LogP contribution in [0.2, 0.25) is 0 Å². The van der Waals surface area contributed by atoms with Crippen molar-refractivity contribution in [1.82, 2.24) is 0 Å². The lowest BCUT2D eigenvalue weighted by Gasteiger charge is -2.10. The molecular formula is C14H16N2O2. The molecular weight excluding hydrogens is 228 g/mol. The van der Waals surface area contributed by atoms with Crippen LogP contribution in [0.15, 0.2) is 28.9 Å². The zero-order chi connectivity index (χ0) is 13.3. The van der Waals surface area contributed by atoms with Crippen LogP contribution in [-0.4, -0.2) is 5.91 Å². The smallest absolute Gasteiger partial charge is 0.291 e. The summed E-state index contributed by atoms with van der Waals surface area (Å²) in [6.45, 7) is 5.64. The van der Waals surface area contributed by atoms with Crippen LogP contribution in [0.25, 0.3) is 0 Å². The fraction of sp³-hybridized carbons (Fsp3) is 0.214. The van der Waals surface area contributed by atoms with E-state index in [1.165, 1.54) is 6.26 Å². The molecule has 2 rings (SSSR count). The van der Waals surface area contributed by atoms with E-state index in [4.69, 9.17) is 10.2 Å². The third kappa shape index (κ3) is 2.22. The SMILES string of the molecule is Cc1cc(NC(=O)c2occc2C)c(C)cc1N. The summed E-state index contributed by atoms with van der Waals surface area (Å²) in [6, 6.07) is 5.47. The van der Waals surface area contributed by atoms with E-state index >= 15 is 0 Å². The van der Waals surface area contributed by atoms with E-state index in [1.807, 2.05) is 32.9 Å². The zero-order valence-electron chi connectivity index (χ0n) is 10.7. The number of amides is 1. The highest BCUT2D eigenvalue weighted by atomic mass is 16.3. The van der Waals surface area contributed by atoms with Crippen LogP contribution >= 0.6 is 0 Å². The lowest BCUT2D eigenvalue weighted by Crippen LogP contribution is -2.13. The topological polar surface area (TPSA) is 68.3 Å². The van der Waals surface area contributed by atoms with Gasteiger partial charge in [0.15, 0.2) is 5.76 Å². The van der Waals surface area contributed by atoms with Gasteiger partial charge in [-0.2, -0.15) is 0 Å². The van der Waals surface area contributed by atoms with Gasteiger partial charge < -0.3 is 15.5 Å². The zero-order valence-corrected chi connectivity index (χ0v) is 10.7. The molecule has 0 aliphatic heterocycles. The van der Waals surface area contributed by atoms with Crippen molar-refractivity contribution in [3.63, 3.8) is 0 Å². The Balaban J connectivity index is 2.28. The first kappa shape index (κ1) is 12.2. The number of carbonyl (C=O) groups is 1. The average Bonchev–Trinajstić information content (AvgIpc) is 2.72. The Kier molecular flexibility index (Phi) is 3.10. The molecule has 0 saturated heterocycles. The number of furan rings is 1. The first-order valence-electron chi connectivity index (χ1n) is 5.71. The van der Waals surface area contributed by atoms with Gasteiger partial charge in [0.05, 0.1) is 6.26 Å². The predicted molar refractivity (Wildman–Crippen MR) is 71.7 cm³/mol. The molecule has 3 N–H and O–H groups in total. The monoisotopic (exact) mass is 244 g/mol. The van der Waals surface area contributed by atoms with E-state index in [1.54, 1.807) is 6.07 Å².